The van der Waals surface area contributed by atoms with E-state index in [4.69, 9.17) is 5.73 Å². The largest absolute Gasteiger partial charge is 0.323 e. The van der Waals surface area contributed by atoms with Gasteiger partial charge in [-0.15, -0.1) is 17.9 Å². The summed E-state index contributed by atoms with van der Waals surface area (Å²) in [5.41, 5.74) is 5.79. The first kappa shape index (κ1) is 7.51. The van der Waals surface area contributed by atoms with Gasteiger partial charge in [0.15, 0.2) is 0 Å². The van der Waals surface area contributed by atoms with E-state index in [-0.39, 0.29) is 6.04 Å². The zero-order chi connectivity index (χ0) is 7.40. The summed E-state index contributed by atoms with van der Waals surface area (Å²) in [6, 6.07) is 4.22. The lowest BCUT2D eigenvalue weighted by Gasteiger charge is -2.03. The summed E-state index contributed by atoms with van der Waals surface area (Å²) in [6.45, 7) is 3.64. The van der Waals surface area contributed by atoms with Crippen LogP contribution in [0, 0.1) is 0 Å². The number of hydrogen-bond donors (Lipinski definition) is 1. The second kappa shape index (κ2) is 3.54. The molecule has 1 aromatic rings. The topological polar surface area (TPSA) is 26.0 Å². The summed E-state index contributed by atoms with van der Waals surface area (Å²) >= 11 is 1.70. The Balaban J connectivity index is 2.58. The summed E-state index contributed by atoms with van der Waals surface area (Å²) in [7, 11) is 0. The molecule has 0 aliphatic carbocycles. The van der Waals surface area contributed by atoms with Gasteiger partial charge in [0.25, 0.3) is 0 Å². The van der Waals surface area contributed by atoms with Crippen LogP contribution in [0.25, 0.3) is 0 Å². The molecule has 0 aliphatic rings. The minimum absolute atomic E-state index is 0.150. The van der Waals surface area contributed by atoms with Gasteiger partial charge in [-0.25, -0.2) is 0 Å². The fraction of sp³-hybridized carbons (Fsp3) is 0.250. The Morgan fingerprint density at radius 2 is 2.60 bits per heavy atom. The molecule has 2 N–H and O–H groups in total. The molecule has 0 saturated carbocycles. The van der Waals surface area contributed by atoms with E-state index in [1.54, 1.807) is 11.3 Å². The molecule has 0 unspecified atom stereocenters. The van der Waals surface area contributed by atoms with Crippen molar-refractivity contribution in [3.8, 4) is 0 Å². The van der Waals surface area contributed by atoms with Crippen LogP contribution in [0.4, 0.5) is 0 Å². The van der Waals surface area contributed by atoms with Gasteiger partial charge in [0.2, 0.25) is 0 Å². The van der Waals surface area contributed by atoms with Crippen LogP contribution in [-0.4, -0.2) is 0 Å². The molecule has 0 spiro atoms. The highest BCUT2D eigenvalue weighted by atomic mass is 32.1. The fourth-order valence-electron chi connectivity index (χ4n) is 0.798. The lowest BCUT2D eigenvalue weighted by atomic mass is 10.2. The third-order valence-electron chi connectivity index (χ3n) is 1.33. The highest BCUT2D eigenvalue weighted by molar-refractivity contribution is 7.10. The maximum Gasteiger partial charge on any atom is 0.0424 e. The summed E-state index contributed by atoms with van der Waals surface area (Å²) < 4.78 is 0. The second-order valence-corrected chi connectivity index (χ2v) is 3.13. The number of hydrogen-bond acceptors (Lipinski definition) is 2. The van der Waals surface area contributed by atoms with E-state index in [0.717, 1.165) is 6.42 Å². The fourth-order valence-corrected chi connectivity index (χ4v) is 1.54. The van der Waals surface area contributed by atoms with Crippen LogP contribution in [0.1, 0.15) is 17.3 Å². The van der Waals surface area contributed by atoms with E-state index >= 15 is 0 Å². The highest BCUT2D eigenvalue weighted by Gasteiger charge is 2.02. The van der Waals surface area contributed by atoms with E-state index in [1.165, 1.54) is 4.88 Å². The summed E-state index contributed by atoms with van der Waals surface area (Å²) in [6.07, 6.45) is 2.71. The molecular weight excluding hydrogens is 142 g/mol. The predicted molar refractivity (Wildman–Crippen MR) is 46.1 cm³/mol. The highest BCUT2D eigenvalue weighted by Crippen LogP contribution is 2.19. The van der Waals surface area contributed by atoms with Crippen molar-refractivity contribution in [1.29, 1.82) is 0 Å². The Bertz CT molecular complexity index is 191. The molecule has 2 heteroatoms. The molecule has 1 nitrogen and oxygen atoms in total. The lowest BCUT2D eigenvalue weighted by Crippen LogP contribution is -2.06. The Labute approximate surface area is 65.2 Å². The zero-order valence-corrected chi connectivity index (χ0v) is 6.60. The minimum Gasteiger partial charge on any atom is -0.323 e. The first-order valence-electron chi connectivity index (χ1n) is 3.24. The molecule has 1 atom stereocenters. The van der Waals surface area contributed by atoms with Crippen LogP contribution < -0.4 is 5.73 Å². The van der Waals surface area contributed by atoms with Gasteiger partial charge in [-0.3, -0.25) is 0 Å². The second-order valence-electron chi connectivity index (χ2n) is 2.15. The van der Waals surface area contributed by atoms with Crippen molar-refractivity contribution in [1.82, 2.24) is 0 Å². The number of rotatable bonds is 3. The molecule has 54 valence electrons. The smallest absolute Gasteiger partial charge is 0.0424 e. The van der Waals surface area contributed by atoms with Crippen LogP contribution in [-0.2, 0) is 0 Å². The molecule has 0 aromatic carbocycles. The van der Waals surface area contributed by atoms with E-state index in [2.05, 4.69) is 12.6 Å². The monoisotopic (exact) mass is 153 g/mol. The molecule has 10 heavy (non-hydrogen) atoms. The average molecular weight is 153 g/mol. The Morgan fingerprint density at radius 3 is 3.10 bits per heavy atom. The standard InChI is InChI=1S/C8H11NS/c1-2-4-7(9)8-5-3-6-10-8/h2-3,5-7H,1,4,9H2/t7-/m1/s1. The van der Waals surface area contributed by atoms with E-state index in [9.17, 15) is 0 Å². The molecule has 0 fully saturated rings. The predicted octanol–water partition coefficient (Wildman–Crippen LogP) is 2.32. The van der Waals surface area contributed by atoms with Crippen molar-refractivity contribution in [2.45, 2.75) is 12.5 Å². The van der Waals surface area contributed by atoms with Gasteiger partial charge >= 0.3 is 0 Å². The third-order valence-corrected chi connectivity index (χ3v) is 2.33. The van der Waals surface area contributed by atoms with Gasteiger partial charge in [0.05, 0.1) is 0 Å². The number of thiophene rings is 1. The van der Waals surface area contributed by atoms with Crippen molar-refractivity contribution < 1.29 is 0 Å². The molecule has 0 aliphatic heterocycles. The molecular formula is C8H11NS. The van der Waals surface area contributed by atoms with E-state index < -0.39 is 0 Å². The van der Waals surface area contributed by atoms with Gasteiger partial charge in [0, 0.05) is 10.9 Å². The zero-order valence-electron chi connectivity index (χ0n) is 5.79. The minimum atomic E-state index is 0.150. The Morgan fingerprint density at radius 1 is 1.80 bits per heavy atom. The van der Waals surface area contributed by atoms with Crippen LogP contribution in [0.15, 0.2) is 30.2 Å². The van der Waals surface area contributed by atoms with Crippen molar-refractivity contribution in [3.05, 3.63) is 35.0 Å². The van der Waals surface area contributed by atoms with Crippen LogP contribution in [0.5, 0.6) is 0 Å². The molecule has 0 radical (unpaired) electrons. The quantitative estimate of drug-likeness (QED) is 0.663. The summed E-state index contributed by atoms with van der Waals surface area (Å²) in [5, 5.41) is 2.04. The van der Waals surface area contributed by atoms with Gasteiger partial charge in [0.1, 0.15) is 0 Å². The maximum atomic E-state index is 5.79. The van der Waals surface area contributed by atoms with Gasteiger partial charge in [-0.1, -0.05) is 12.1 Å². The summed E-state index contributed by atoms with van der Waals surface area (Å²) in [4.78, 5) is 1.24. The first-order chi connectivity index (χ1) is 4.84. The molecule has 1 heterocycles. The molecule has 0 bridgehead atoms. The van der Waals surface area contributed by atoms with Crippen LogP contribution >= 0.6 is 11.3 Å². The van der Waals surface area contributed by atoms with E-state index in [1.807, 2.05) is 17.5 Å². The average Bonchev–Trinajstić information content (AvgIpc) is 2.38. The number of nitrogens with two attached hydrogens (primary N) is 1. The SMILES string of the molecule is C=CC[C@@H](N)c1cccs1. The van der Waals surface area contributed by atoms with Crippen molar-refractivity contribution in [3.63, 3.8) is 0 Å². The van der Waals surface area contributed by atoms with Gasteiger partial charge in [-0.2, -0.15) is 0 Å². The molecule has 0 saturated heterocycles. The molecule has 1 rings (SSSR count). The Kier molecular flexibility index (Phi) is 2.66. The first-order valence-corrected chi connectivity index (χ1v) is 4.12. The van der Waals surface area contributed by atoms with Crippen molar-refractivity contribution in [2.24, 2.45) is 5.73 Å². The van der Waals surface area contributed by atoms with Crippen LogP contribution in [0.3, 0.4) is 0 Å². The van der Waals surface area contributed by atoms with E-state index in [0.29, 0.717) is 0 Å². The summed E-state index contributed by atoms with van der Waals surface area (Å²) in [5.74, 6) is 0. The van der Waals surface area contributed by atoms with Crippen molar-refractivity contribution >= 4 is 11.3 Å². The van der Waals surface area contributed by atoms with Crippen LogP contribution in [0.2, 0.25) is 0 Å². The van der Waals surface area contributed by atoms with Gasteiger partial charge < -0.3 is 5.73 Å². The van der Waals surface area contributed by atoms with Crippen molar-refractivity contribution in [2.75, 3.05) is 0 Å². The molecule has 1 aromatic heterocycles. The Hall–Kier alpha value is -0.600. The molecule has 0 amide bonds. The lowest BCUT2D eigenvalue weighted by molar-refractivity contribution is 0.758. The van der Waals surface area contributed by atoms with Gasteiger partial charge in [-0.05, 0) is 17.9 Å². The maximum absolute atomic E-state index is 5.79. The normalized spacial score (nSPS) is 12.9. The third kappa shape index (κ3) is 1.69.